The van der Waals surface area contributed by atoms with E-state index in [0.29, 0.717) is 41.3 Å². The molecule has 0 aliphatic carbocycles. The van der Waals surface area contributed by atoms with E-state index in [0.717, 1.165) is 24.4 Å². The van der Waals surface area contributed by atoms with Gasteiger partial charge in [0.05, 0.1) is 29.6 Å². The number of alkyl halides is 3. The number of hydrogen-bond acceptors (Lipinski definition) is 7. The second kappa shape index (κ2) is 10.1. The molecule has 9 nitrogen and oxygen atoms in total. The zero-order chi connectivity index (χ0) is 27.0. The highest BCUT2D eigenvalue weighted by atomic mass is 19.4. The summed E-state index contributed by atoms with van der Waals surface area (Å²) in [7, 11) is 0. The number of aliphatic hydroxyl groups excluding tert-OH is 2. The van der Waals surface area contributed by atoms with E-state index in [1.807, 2.05) is 6.07 Å². The maximum Gasteiger partial charge on any atom is 0.416 e. The number of fused-ring (bicyclic) bond motifs is 4. The van der Waals surface area contributed by atoms with Gasteiger partial charge < -0.3 is 25.2 Å². The van der Waals surface area contributed by atoms with Crippen LogP contribution in [-0.2, 0) is 6.18 Å². The van der Waals surface area contributed by atoms with E-state index in [4.69, 9.17) is 14.8 Å². The minimum absolute atomic E-state index is 0.155. The van der Waals surface area contributed by atoms with Crippen molar-refractivity contribution < 1.29 is 32.9 Å². The topological polar surface area (TPSA) is 111 Å². The van der Waals surface area contributed by atoms with Gasteiger partial charge in [0, 0.05) is 36.6 Å². The highest BCUT2D eigenvalue weighted by Crippen LogP contribution is 2.42. The number of anilines is 3. The van der Waals surface area contributed by atoms with Crippen LogP contribution in [0.4, 0.5) is 35.2 Å². The first kappa shape index (κ1) is 25.7. The molecule has 0 unspecified atom stereocenters. The molecule has 0 saturated carbocycles. The maximum atomic E-state index is 13.5. The maximum absolute atomic E-state index is 13.5. The third kappa shape index (κ3) is 5.09. The fourth-order valence-corrected chi connectivity index (χ4v) is 4.72. The lowest BCUT2D eigenvalue weighted by molar-refractivity contribution is -0.137. The Morgan fingerprint density at radius 1 is 1.26 bits per heavy atom. The van der Waals surface area contributed by atoms with Crippen LogP contribution in [0.15, 0.2) is 48.7 Å². The van der Waals surface area contributed by atoms with Gasteiger partial charge in [-0.25, -0.2) is 14.8 Å². The molecule has 1 aromatic carbocycles. The van der Waals surface area contributed by atoms with Crippen LogP contribution in [0.3, 0.4) is 0 Å². The third-order valence-corrected chi connectivity index (χ3v) is 6.57. The number of halogens is 3. The molecule has 5 rings (SSSR count). The SMILES string of the molecule is Cc1cc2c(nc1-c1cccc(C(F)(F)F)c1)N(C(=O)Nc1ccnc(OC[C@@H](O)CO)c1)[C@H]1CCN2C1. The number of aliphatic hydroxyl groups is 2. The van der Waals surface area contributed by atoms with Crippen molar-refractivity contribution in [3.8, 4) is 17.1 Å². The first-order chi connectivity index (χ1) is 18.1. The van der Waals surface area contributed by atoms with E-state index in [2.05, 4.69) is 15.2 Å². The van der Waals surface area contributed by atoms with E-state index in [9.17, 15) is 23.1 Å². The first-order valence-corrected chi connectivity index (χ1v) is 12.1. The van der Waals surface area contributed by atoms with Gasteiger partial charge in [-0.3, -0.25) is 4.90 Å². The standard InChI is InChI=1S/C26H26F3N5O4/c1-15-9-21-24(32-23(15)16-3-2-4-17(10-16)26(27,28)29)34(19-6-8-33(21)12-19)25(37)31-18-5-7-30-22(11-18)38-14-20(36)13-35/h2-5,7,9-11,19-20,35-36H,6,8,12-14H2,1H3,(H,30,31,37)/t19-,20-/m0/s1. The van der Waals surface area contributed by atoms with Crippen LogP contribution in [0.2, 0.25) is 0 Å². The lowest BCUT2D eigenvalue weighted by Gasteiger charge is -2.36. The quantitative estimate of drug-likeness (QED) is 0.445. The van der Waals surface area contributed by atoms with Crippen LogP contribution >= 0.6 is 0 Å². The summed E-state index contributed by atoms with van der Waals surface area (Å²) < 4.78 is 45.4. The van der Waals surface area contributed by atoms with Gasteiger partial charge >= 0.3 is 12.2 Å². The Kier molecular flexibility index (Phi) is 6.84. The van der Waals surface area contributed by atoms with Crippen LogP contribution in [0.1, 0.15) is 17.5 Å². The van der Waals surface area contributed by atoms with Crippen LogP contribution in [0, 0.1) is 6.92 Å². The van der Waals surface area contributed by atoms with Crippen LogP contribution < -0.4 is 19.9 Å². The van der Waals surface area contributed by atoms with Crippen LogP contribution in [0.25, 0.3) is 11.3 Å². The normalized spacial score (nSPS) is 17.3. The van der Waals surface area contributed by atoms with E-state index >= 15 is 0 Å². The number of benzene rings is 1. The Morgan fingerprint density at radius 2 is 2.08 bits per heavy atom. The Labute approximate surface area is 216 Å². The third-order valence-electron chi connectivity index (χ3n) is 6.57. The van der Waals surface area contributed by atoms with Crippen molar-refractivity contribution in [3.63, 3.8) is 0 Å². The highest BCUT2D eigenvalue weighted by Gasteiger charge is 2.41. The summed E-state index contributed by atoms with van der Waals surface area (Å²) in [5, 5.41) is 21.3. The molecule has 1 fully saturated rings. The van der Waals surface area contributed by atoms with Crippen molar-refractivity contribution in [1.82, 2.24) is 9.97 Å². The predicted octanol–water partition coefficient (Wildman–Crippen LogP) is 3.83. The Morgan fingerprint density at radius 3 is 2.84 bits per heavy atom. The van der Waals surface area contributed by atoms with Gasteiger partial charge in [0.2, 0.25) is 5.88 Å². The number of urea groups is 1. The molecule has 0 radical (unpaired) electrons. The summed E-state index contributed by atoms with van der Waals surface area (Å²) in [6.07, 6.45) is -3.40. The van der Waals surface area contributed by atoms with Gasteiger partial charge in [0.25, 0.3) is 0 Å². The minimum Gasteiger partial charge on any atom is -0.475 e. The fourth-order valence-electron chi connectivity index (χ4n) is 4.72. The van der Waals surface area contributed by atoms with Crippen molar-refractivity contribution in [2.45, 2.75) is 31.7 Å². The number of nitrogens with one attached hydrogen (secondary N) is 1. The number of amides is 2. The summed E-state index contributed by atoms with van der Waals surface area (Å²) in [6.45, 7) is 2.51. The Hall–Kier alpha value is -3.90. The largest absolute Gasteiger partial charge is 0.475 e. The number of aromatic nitrogens is 2. The minimum atomic E-state index is -4.49. The summed E-state index contributed by atoms with van der Waals surface area (Å²) >= 11 is 0. The Balaban J connectivity index is 1.46. The molecular formula is C26H26F3N5O4. The molecule has 2 aromatic heterocycles. The molecule has 0 spiro atoms. The molecule has 1 saturated heterocycles. The first-order valence-electron chi connectivity index (χ1n) is 12.1. The van der Waals surface area contributed by atoms with Crippen molar-refractivity contribution in [2.75, 3.05) is 41.4 Å². The number of carbonyl (C=O) groups excluding carboxylic acids is 1. The van der Waals surface area contributed by atoms with E-state index in [-0.39, 0.29) is 18.5 Å². The number of rotatable bonds is 6. The van der Waals surface area contributed by atoms with Gasteiger partial charge in [-0.2, -0.15) is 13.2 Å². The lowest BCUT2D eigenvalue weighted by Crippen LogP contribution is -2.48. The van der Waals surface area contributed by atoms with Crippen LogP contribution in [0.5, 0.6) is 5.88 Å². The molecule has 12 heteroatoms. The summed E-state index contributed by atoms with van der Waals surface area (Å²) in [5.74, 6) is 0.535. The molecular weight excluding hydrogens is 503 g/mol. The number of aryl methyl sites for hydroxylation is 1. The fraction of sp³-hybridized carbons (Fsp3) is 0.346. The smallest absolute Gasteiger partial charge is 0.416 e. The molecule has 2 aliphatic rings. The van der Waals surface area contributed by atoms with E-state index in [1.54, 1.807) is 24.0 Å². The van der Waals surface area contributed by atoms with Crippen molar-refractivity contribution >= 4 is 23.2 Å². The molecule has 38 heavy (non-hydrogen) atoms. The monoisotopic (exact) mass is 529 g/mol. The molecule has 3 aromatic rings. The van der Waals surface area contributed by atoms with Gasteiger partial charge in [-0.15, -0.1) is 0 Å². The number of pyridine rings is 2. The van der Waals surface area contributed by atoms with Crippen molar-refractivity contribution in [1.29, 1.82) is 0 Å². The van der Waals surface area contributed by atoms with Gasteiger partial charge in [-0.05, 0) is 43.2 Å². The predicted molar refractivity (Wildman–Crippen MR) is 134 cm³/mol. The second-order valence-corrected chi connectivity index (χ2v) is 9.29. The number of carbonyl (C=O) groups is 1. The van der Waals surface area contributed by atoms with Gasteiger partial charge in [0.15, 0.2) is 5.82 Å². The summed E-state index contributed by atoms with van der Waals surface area (Å²) in [4.78, 5) is 26.0. The number of ether oxygens (including phenoxy) is 1. The molecule has 2 bridgehead atoms. The van der Waals surface area contributed by atoms with Crippen molar-refractivity contribution in [3.05, 3.63) is 59.8 Å². The molecule has 4 heterocycles. The zero-order valence-corrected chi connectivity index (χ0v) is 20.4. The molecule has 3 N–H and O–H groups in total. The highest BCUT2D eigenvalue weighted by molar-refractivity contribution is 6.05. The van der Waals surface area contributed by atoms with E-state index < -0.39 is 30.5 Å². The molecule has 2 aliphatic heterocycles. The van der Waals surface area contributed by atoms with Crippen LogP contribution in [-0.4, -0.2) is 64.7 Å². The number of hydrogen-bond donors (Lipinski definition) is 3. The van der Waals surface area contributed by atoms with Gasteiger partial charge in [-0.1, -0.05) is 12.1 Å². The Bertz CT molecular complexity index is 1350. The zero-order valence-electron chi connectivity index (χ0n) is 20.4. The van der Waals surface area contributed by atoms with E-state index in [1.165, 1.54) is 18.3 Å². The molecule has 200 valence electrons. The van der Waals surface area contributed by atoms with Crippen molar-refractivity contribution in [2.24, 2.45) is 0 Å². The average molecular weight is 530 g/mol. The summed E-state index contributed by atoms with van der Waals surface area (Å²) in [5.41, 5.74) is 1.76. The second-order valence-electron chi connectivity index (χ2n) is 9.29. The molecule has 2 atom stereocenters. The lowest BCUT2D eigenvalue weighted by atomic mass is 10.0. The summed E-state index contributed by atoms with van der Waals surface area (Å²) in [6, 6.07) is 9.33. The van der Waals surface area contributed by atoms with Gasteiger partial charge in [0.1, 0.15) is 12.7 Å². The molecule has 2 amide bonds. The number of nitrogens with zero attached hydrogens (tertiary/aromatic N) is 4. The average Bonchev–Trinajstić information content (AvgIpc) is 3.31.